The normalized spacial score (nSPS) is 20.1. The van der Waals surface area contributed by atoms with Gasteiger partial charge in [-0.3, -0.25) is 4.90 Å². The summed E-state index contributed by atoms with van der Waals surface area (Å²) in [6.07, 6.45) is 11.2. The molecule has 0 amide bonds. The number of aromatic nitrogens is 3. The number of likely N-dealkylation sites (N-methyl/N-ethyl adjacent to an activating group) is 1. The second-order valence-electron chi connectivity index (χ2n) is 9.94. The number of nitrogens with one attached hydrogen (secondary N) is 2. The predicted octanol–water partition coefficient (Wildman–Crippen LogP) is 3.94. The Hall–Kier alpha value is -2.99. The quantitative estimate of drug-likeness (QED) is 0.364. The fourth-order valence-electron chi connectivity index (χ4n) is 4.69. The van der Waals surface area contributed by atoms with Gasteiger partial charge in [-0.2, -0.15) is 9.71 Å². The first-order valence-corrected chi connectivity index (χ1v) is 14.6. The van der Waals surface area contributed by atoms with E-state index in [4.69, 9.17) is 4.98 Å². The summed E-state index contributed by atoms with van der Waals surface area (Å²) in [4.78, 5) is 20.5. The minimum absolute atomic E-state index is 0.229. The van der Waals surface area contributed by atoms with Crippen molar-refractivity contribution in [2.24, 2.45) is 5.92 Å². The summed E-state index contributed by atoms with van der Waals surface area (Å²) in [7, 11) is 2.15. The van der Waals surface area contributed by atoms with E-state index in [0.717, 1.165) is 56.8 Å². The van der Waals surface area contributed by atoms with Crippen molar-refractivity contribution in [3.63, 3.8) is 0 Å². The molecule has 202 valence electrons. The highest BCUT2D eigenvalue weighted by Crippen LogP contribution is 2.47. The smallest absolute Gasteiger partial charge is 0.229 e. The van der Waals surface area contributed by atoms with Gasteiger partial charge in [-0.1, -0.05) is 18.2 Å². The Morgan fingerprint density at radius 2 is 2.00 bits per heavy atom. The van der Waals surface area contributed by atoms with Gasteiger partial charge in [0.1, 0.15) is 23.7 Å². The summed E-state index contributed by atoms with van der Waals surface area (Å²) in [6.45, 7) is 7.49. The van der Waals surface area contributed by atoms with Crippen molar-refractivity contribution in [2.75, 3.05) is 67.5 Å². The average Bonchev–Trinajstić information content (AvgIpc) is 3.75. The lowest BCUT2D eigenvalue weighted by Gasteiger charge is -2.31. The topological polar surface area (TPSA) is 95.5 Å². The summed E-state index contributed by atoms with van der Waals surface area (Å²) in [6, 6.07) is 5.45. The zero-order chi connectivity index (χ0) is 26.6. The van der Waals surface area contributed by atoms with Gasteiger partial charge in [0.25, 0.3) is 0 Å². The van der Waals surface area contributed by atoms with Gasteiger partial charge < -0.3 is 19.7 Å². The molecule has 1 atom stereocenters. The van der Waals surface area contributed by atoms with Crippen LogP contribution in [0.1, 0.15) is 25.3 Å². The Labute approximate surface area is 226 Å². The summed E-state index contributed by atoms with van der Waals surface area (Å²) < 4.78 is 30.1. The van der Waals surface area contributed by atoms with Crippen LogP contribution in [0.2, 0.25) is 0 Å². The van der Waals surface area contributed by atoms with E-state index in [9.17, 15) is 4.55 Å². The van der Waals surface area contributed by atoms with Gasteiger partial charge in [0.15, 0.2) is 5.82 Å². The van der Waals surface area contributed by atoms with E-state index in [1.807, 2.05) is 36.1 Å². The van der Waals surface area contributed by atoms with E-state index in [0.29, 0.717) is 35.5 Å². The molecule has 2 aliphatic heterocycles. The SMILES string of the molecule is C/C=C(\C=C/CN1CCN(C)CC1)Nc1ncc2c(n1)N(c1cccc(N[S+](C)[O-])n1)CC(C1CC1)=C2F. The molecule has 9 nitrogen and oxygen atoms in total. The lowest BCUT2D eigenvalue weighted by atomic mass is 10.0. The van der Waals surface area contributed by atoms with Crippen LogP contribution in [0.4, 0.5) is 27.8 Å². The lowest BCUT2D eigenvalue weighted by Crippen LogP contribution is -2.44. The van der Waals surface area contributed by atoms with Crippen molar-refractivity contribution >= 4 is 40.6 Å². The van der Waals surface area contributed by atoms with Gasteiger partial charge in [0.05, 0.1) is 23.5 Å². The molecule has 38 heavy (non-hydrogen) atoms. The number of pyridine rings is 1. The first-order valence-electron chi connectivity index (χ1n) is 13.0. The highest BCUT2D eigenvalue weighted by Gasteiger charge is 2.36. The van der Waals surface area contributed by atoms with Crippen LogP contribution < -0.4 is 14.9 Å². The Bertz CT molecular complexity index is 1240. The maximum atomic E-state index is 15.5. The molecule has 1 saturated heterocycles. The Kier molecular flexibility index (Phi) is 8.27. The zero-order valence-corrected chi connectivity index (χ0v) is 23.0. The zero-order valence-electron chi connectivity index (χ0n) is 22.2. The molecule has 5 rings (SSSR count). The standard InChI is InChI=1S/C27H35FN8OS/c1-4-20(7-6-12-35-15-13-34(2)14-16-35)30-27-29-17-21-25(28)22(19-10-11-19)18-36(26(21)32-27)24-9-5-8-23(31-24)33-38(3)37/h4-9,17,19H,10-16,18H2,1-3H3,(H,31,33)(H,29,30,32)/b7-6-,20-4+. The predicted molar refractivity (Wildman–Crippen MR) is 152 cm³/mol. The minimum atomic E-state index is -1.26. The fraction of sp³-hybridized carbons (Fsp3) is 0.444. The number of allylic oxidation sites excluding steroid dienone is 2. The molecule has 2 aromatic rings. The summed E-state index contributed by atoms with van der Waals surface area (Å²) in [5, 5.41) is 3.28. The number of hydrogen-bond acceptors (Lipinski definition) is 9. The molecule has 2 N–H and O–H groups in total. The number of hydrogen-bond donors (Lipinski definition) is 2. The molecular weight excluding hydrogens is 503 g/mol. The van der Waals surface area contributed by atoms with Crippen LogP contribution in [0.25, 0.3) is 5.83 Å². The maximum Gasteiger partial charge on any atom is 0.229 e. The molecule has 0 aromatic carbocycles. The van der Waals surface area contributed by atoms with Crippen molar-refractivity contribution in [2.45, 2.75) is 19.8 Å². The fourth-order valence-corrected chi connectivity index (χ4v) is 5.10. The van der Waals surface area contributed by atoms with Crippen molar-refractivity contribution in [3.05, 3.63) is 59.5 Å². The highest BCUT2D eigenvalue weighted by molar-refractivity contribution is 7.92. The molecule has 4 heterocycles. The molecular formula is C27H35FN8OS. The van der Waals surface area contributed by atoms with E-state index in [1.54, 1.807) is 18.5 Å². The average molecular weight is 539 g/mol. The second-order valence-corrected chi connectivity index (χ2v) is 11.1. The van der Waals surface area contributed by atoms with E-state index < -0.39 is 11.4 Å². The van der Waals surface area contributed by atoms with Gasteiger partial charge in [-0.15, -0.1) is 0 Å². The van der Waals surface area contributed by atoms with E-state index >= 15 is 4.39 Å². The summed E-state index contributed by atoms with van der Waals surface area (Å²) >= 11 is -1.26. The highest BCUT2D eigenvalue weighted by atomic mass is 32.2. The number of fused-ring (bicyclic) bond motifs is 1. The summed E-state index contributed by atoms with van der Waals surface area (Å²) in [5.74, 6) is 1.96. The van der Waals surface area contributed by atoms with Crippen molar-refractivity contribution in [3.8, 4) is 0 Å². The van der Waals surface area contributed by atoms with Crippen LogP contribution >= 0.6 is 0 Å². The molecule has 11 heteroatoms. The number of anilines is 4. The van der Waals surface area contributed by atoms with Crippen LogP contribution in [0, 0.1) is 5.92 Å². The van der Waals surface area contributed by atoms with E-state index in [1.165, 1.54) is 0 Å². The molecule has 1 unspecified atom stereocenters. The monoisotopic (exact) mass is 538 g/mol. The Balaban J connectivity index is 1.38. The number of nitrogens with zero attached hydrogens (tertiary/aromatic N) is 6. The van der Waals surface area contributed by atoms with Crippen LogP contribution in [-0.4, -0.2) is 81.9 Å². The van der Waals surface area contributed by atoms with Crippen LogP contribution in [-0.2, 0) is 11.4 Å². The first-order chi connectivity index (χ1) is 18.4. The number of piperazine rings is 1. The van der Waals surface area contributed by atoms with Crippen molar-refractivity contribution in [1.29, 1.82) is 0 Å². The second kappa shape index (κ2) is 11.8. The minimum Gasteiger partial charge on any atom is -0.593 e. The number of halogens is 1. The van der Waals surface area contributed by atoms with Crippen LogP contribution in [0.3, 0.4) is 0 Å². The lowest BCUT2D eigenvalue weighted by molar-refractivity contribution is 0.166. The molecule has 3 aliphatic rings. The van der Waals surface area contributed by atoms with Crippen molar-refractivity contribution < 1.29 is 8.94 Å². The number of rotatable bonds is 9. The first kappa shape index (κ1) is 26.6. The Morgan fingerprint density at radius 1 is 1.21 bits per heavy atom. The summed E-state index contributed by atoms with van der Waals surface area (Å²) in [5.41, 5.74) is 2.00. The molecule has 1 aliphatic carbocycles. The third kappa shape index (κ3) is 6.35. The molecule has 0 bridgehead atoms. The molecule has 0 radical (unpaired) electrons. The van der Waals surface area contributed by atoms with Crippen LogP contribution in [0.5, 0.6) is 0 Å². The van der Waals surface area contributed by atoms with Gasteiger partial charge in [-0.25, -0.2) is 14.4 Å². The van der Waals surface area contributed by atoms with Gasteiger partial charge >= 0.3 is 0 Å². The molecule has 2 aromatic heterocycles. The van der Waals surface area contributed by atoms with Crippen molar-refractivity contribution in [1.82, 2.24) is 24.8 Å². The maximum absolute atomic E-state index is 15.5. The van der Waals surface area contributed by atoms with Gasteiger partial charge in [0.2, 0.25) is 5.95 Å². The largest absolute Gasteiger partial charge is 0.593 e. The third-order valence-electron chi connectivity index (χ3n) is 7.02. The molecule has 0 spiro atoms. The van der Waals surface area contributed by atoms with Gasteiger partial charge in [-0.05, 0) is 56.5 Å². The third-order valence-corrected chi connectivity index (χ3v) is 7.52. The molecule has 2 fully saturated rings. The molecule has 1 saturated carbocycles. The van der Waals surface area contributed by atoms with E-state index in [2.05, 4.69) is 42.9 Å². The van der Waals surface area contributed by atoms with Crippen LogP contribution in [0.15, 0.2) is 53.9 Å². The van der Waals surface area contributed by atoms with Gasteiger partial charge in [0, 0.05) is 44.6 Å². The Morgan fingerprint density at radius 3 is 2.71 bits per heavy atom. The van der Waals surface area contributed by atoms with E-state index in [-0.39, 0.29) is 11.7 Å².